The van der Waals surface area contributed by atoms with Crippen LogP contribution in [-0.4, -0.2) is 41.1 Å². The SMILES string of the molecule is CC(O)CC1CCCN1CC(=O)Nc1sccc1C#N. The molecule has 1 aromatic rings. The fourth-order valence-corrected chi connectivity index (χ4v) is 3.36. The molecule has 0 bridgehead atoms. The molecule has 1 aliphatic rings. The van der Waals surface area contributed by atoms with Crippen LogP contribution in [0, 0.1) is 11.3 Å². The van der Waals surface area contributed by atoms with Gasteiger partial charge in [0.05, 0.1) is 18.2 Å². The molecule has 2 heterocycles. The molecule has 6 heteroatoms. The molecule has 1 amide bonds. The van der Waals surface area contributed by atoms with Gasteiger partial charge in [-0.2, -0.15) is 5.26 Å². The van der Waals surface area contributed by atoms with Gasteiger partial charge in [-0.25, -0.2) is 0 Å². The van der Waals surface area contributed by atoms with E-state index < -0.39 is 0 Å². The molecule has 0 aromatic carbocycles. The van der Waals surface area contributed by atoms with Crippen molar-refractivity contribution in [2.24, 2.45) is 0 Å². The van der Waals surface area contributed by atoms with Crippen molar-refractivity contribution < 1.29 is 9.90 Å². The minimum Gasteiger partial charge on any atom is -0.393 e. The lowest BCUT2D eigenvalue weighted by Crippen LogP contribution is -2.38. The summed E-state index contributed by atoms with van der Waals surface area (Å²) in [4.78, 5) is 14.2. The van der Waals surface area contributed by atoms with Crippen molar-refractivity contribution in [1.82, 2.24) is 4.90 Å². The van der Waals surface area contributed by atoms with Crippen molar-refractivity contribution >= 4 is 22.2 Å². The molecular weight excluding hydrogens is 274 g/mol. The van der Waals surface area contributed by atoms with E-state index in [0.29, 0.717) is 23.5 Å². The topological polar surface area (TPSA) is 76.4 Å². The van der Waals surface area contributed by atoms with Crippen LogP contribution in [0.15, 0.2) is 11.4 Å². The van der Waals surface area contributed by atoms with Gasteiger partial charge in [-0.3, -0.25) is 9.69 Å². The van der Waals surface area contributed by atoms with Crippen LogP contribution in [0.4, 0.5) is 5.00 Å². The summed E-state index contributed by atoms with van der Waals surface area (Å²) in [5.74, 6) is -0.0959. The number of anilines is 1. The van der Waals surface area contributed by atoms with Crippen LogP contribution in [0.5, 0.6) is 0 Å². The van der Waals surface area contributed by atoms with Gasteiger partial charge in [0, 0.05) is 6.04 Å². The molecule has 2 rings (SSSR count). The number of hydrogen-bond acceptors (Lipinski definition) is 5. The highest BCUT2D eigenvalue weighted by Gasteiger charge is 2.27. The van der Waals surface area contributed by atoms with E-state index >= 15 is 0 Å². The van der Waals surface area contributed by atoms with E-state index in [-0.39, 0.29) is 18.1 Å². The Hall–Kier alpha value is -1.42. The van der Waals surface area contributed by atoms with Crippen LogP contribution in [0.2, 0.25) is 0 Å². The fraction of sp³-hybridized carbons (Fsp3) is 0.571. The van der Waals surface area contributed by atoms with Crippen LogP contribution in [-0.2, 0) is 4.79 Å². The second kappa shape index (κ2) is 6.84. The first-order valence-electron chi connectivity index (χ1n) is 6.79. The Bertz CT molecular complexity index is 507. The van der Waals surface area contributed by atoms with Gasteiger partial charge in [0.15, 0.2) is 0 Å². The monoisotopic (exact) mass is 293 g/mol. The molecule has 108 valence electrons. The Labute approximate surface area is 122 Å². The molecule has 0 radical (unpaired) electrons. The third-order valence-corrected chi connectivity index (χ3v) is 4.33. The van der Waals surface area contributed by atoms with Crippen molar-refractivity contribution in [1.29, 1.82) is 5.26 Å². The molecule has 0 saturated carbocycles. The first-order valence-corrected chi connectivity index (χ1v) is 7.67. The van der Waals surface area contributed by atoms with E-state index in [0.717, 1.165) is 19.4 Å². The van der Waals surface area contributed by atoms with E-state index in [1.165, 1.54) is 11.3 Å². The van der Waals surface area contributed by atoms with Crippen molar-refractivity contribution in [2.45, 2.75) is 38.3 Å². The maximum absolute atomic E-state index is 12.0. The van der Waals surface area contributed by atoms with E-state index in [9.17, 15) is 9.90 Å². The summed E-state index contributed by atoms with van der Waals surface area (Å²) in [5, 5.41) is 23.6. The standard InChI is InChI=1S/C14H19N3O2S/c1-10(18)7-12-3-2-5-17(12)9-13(19)16-14-11(8-15)4-6-20-14/h4,6,10,12,18H,2-3,5,7,9H2,1H3,(H,16,19). The second-order valence-corrected chi connectivity index (χ2v) is 6.09. The minimum absolute atomic E-state index is 0.0959. The average molecular weight is 293 g/mol. The zero-order valence-electron chi connectivity index (χ0n) is 11.5. The van der Waals surface area contributed by atoms with Crippen LogP contribution in [0.25, 0.3) is 0 Å². The lowest BCUT2D eigenvalue weighted by Gasteiger charge is -2.24. The molecule has 0 spiro atoms. The van der Waals surface area contributed by atoms with Gasteiger partial charge in [-0.05, 0) is 44.2 Å². The molecule has 5 nitrogen and oxygen atoms in total. The Morgan fingerprint density at radius 3 is 3.25 bits per heavy atom. The molecular formula is C14H19N3O2S. The summed E-state index contributed by atoms with van der Waals surface area (Å²) in [6, 6.07) is 4.04. The summed E-state index contributed by atoms with van der Waals surface area (Å²) < 4.78 is 0. The Morgan fingerprint density at radius 2 is 2.55 bits per heavy atom. The van der Waals surface area contributed by atoms with Gasteiger partial charge in [0.1, 0.15) is 11.1 Å². The highest BCUT2D eigenvalue weighted by atomic mass is 32.1. The van der Waals surface area contributed by atoms with Crippen LogP contribution < -0.4 is 5.32 Å². The van der Waals surface area contributed by atoms with E-state index in [1.54, 1.807) is 18.4 Å². The van der Waals surface area contributed by atoms with E-state index in [4.69, 9.17) is 5.26 Å². The number of aliphatic hydroxyl groups is 1. The number of thiophene rings is 1. The molecule has 1 saturated heterocycles. The Balaban J connectivity index is 1.89. The number of carbonyl (C=O) groups excluding carboxylic acids is 1. The number of nitrogens with one attached hydrogen (secondary N) is 1. The number of rotatable bonds is 5. The summed E-state index contributed by atoms with van der Waals surface area (Å²) in [5.41, 5.74) is 0.505. The largest absolute Gasteiger partial charge is 0.393 e. The molecule has 1 fully saturated rings. The number of aliphatic hydroxyl groups excluding tert-OH is 1. The number of nitrogens with zero attached hydrogens (tertiary/aromatic N) is 2. The van der Waals surface area contributed by atoms with Gasteiger partial charge in [-0.15, -0.1) is 11.3 Å². The summed E-state index contributed by atoms with van der Waals surface area (Å²) in [7, 11) is 0. The number of amides is 1. The van der Waals surface area contributed by atoms with Crippen molar-refractivity contribution in [3.8, 4) is 6.07 Å². The summed E-state index contributed by atoms with van der Waals surface area (Å²) in [6.07, 6.45) is 2.45. The third-order valence-electron chi connectivity index (χ3n) is 3.50. The number of hydrogen-bond donors (Lipinski definition) is 2. The fourth-order valence-electron chi connectivity index (χ4n) is 2.61. The van der Waals surface area contributed by atoms with E-state index in [1.807, 2.05) is 0 Å². The van der Waals surface area contributed by atoms with Gasteiger partial charge >= 0.3 is 0 Å². The quantitative estimate of drug-likeness (QED) is 0.868. The molecule has 20 heavy (non-hydrogen) atoms. The van der Waals surface area contributed by atoms with Crippen LogP contribution >= 0.6 is 11.3 Å². The predicted octanol–water partition coefficient (Wildman–Crippen LogP) is 1.79. The third kappa shape index (κ3) is 3.79. The molecule has 2 N–H and O–H groups in total. The highest BCUT2D eigenvalue weighted by Crippen LogP contribution is 2.24. The maximum Gasteiger partial charge on any atom is 0.239 e. The smallest absolute Gasteiger partial charge is 0.239 e. The highest BCUT2D eigenvalue weighted by molar-refractivity contribution is 7.14. The van der Waals surface area contributed by atoms with Gasteiger partial charge in [0.25, 0.3) is 0 Å². The zero-order chi connectivity index (χ0) is 14.5. The average Bonchev–Trinajstić information content (AvgIpc) is 2.98. The Morgan fingerprint density at radius 1 is 1.75 bits per heavy atom. The summed E-state index contributed by atoms with van der Waals surface area (Å²) >= 11 is 1.36. The lowest BCUT2D eigenvalue weighted by atomic mass is 10.1. The molecule has 1 aliphatic heterocycles. The van der Waals surface area contributed by atoms with Gasteiger partial charge < -0.3 is 10.4 Å². The lowest BCUT2D eigenvalue weighted by molar-refractivity contribution is -0.117. The minimum atomic E-state index is -0.342. The van der Waals surface area contributed by atoms with Crippen molar-refractivity contribution in [3.63, 3.8) is 0 Å². The number of likely N-dealkylation sites (tertiary alicyclic amines) is 1. The number of nitriles is 1. The van der Waals surface area contributed by atoms with Crippen molar-refractivity contribution in [3.05, 3.63) is 17.0 Å². The molecule has 1 aromatic heterocycles. The first kappa shape index (κ1) is 15.0. The molecule has 2 unspecified atom stereocenters. The second-order valence-electron chi connectivity index (χ2n) is 5.17. The normalized spacial score (nSPS) is 20.6. The van der Waals surface area contributed by atoms with Crippen LogP contribution in [0.3, 0.4) is 0 Å². The predicted molar refractivity (Wildman–Crippen MR) is 78.6 cm³/mol. The van der Waals surface area contributed by atoms with E-state index in [2.05, 4.69) is 16.3 Å². The summed E-state index contributed by atoms with van der Waals surface area (Å²) in [6.45, 7) is 2.99. The number of carbonyl (C=O) groups is 1. The van der Waals surface area contributed by atoms with Gasteiger partial charge in [0.2, 0.25) is 5.91 Å². The maximum atomic E-state index is 12.0. The van der Waals surface area contributed by atoms with Crippen molar-refractivity contribution in [2.75, 3.05) is 18.4 Å². The van der Waals surface area contributed by atoms with Crippen LogP contribution in [0.1, 0.15) is 31.7 Å². The first-order chi connectivity index (χ1) is 9.60. The molecule has 2 atom stereocenters. The Kier molecular flexibility index (Phi) is 5.12. The zero-order valence-corrected chi connectivity index (χ0v) is 12.3. The van der Waals surface area contributed by atoms with Gasteiger partial charge in [-0.1, -0.05) is 0 Å². The molecule has 0 aliphatic carbocycles.